The zero-order chi connectivity index (χ0) is 15.0. The standard InChI is InChI=1S/C16H15BrClNO2/c1-20-15-4-2-9(6-12(15)17)16-8-13(19)11-7-10(18)3-5-14(11)21-16/h2-7,13,16H,8,19H2,1H3/t13-,16?/m1/s1. The van der Waals surface area contributed by atoms with Gasteiger partial charge in [-0.05, 0) is 51.8 Å². The maximum absolute atomic E-state index is 6.26. The third kappa shape index (κ3) is 2.89. The molecule has 110 valence electrons. The highest BCUT2D eigenvalue weighted by molar-refractivity contribution is 9.10. The van der Waals surface area contributed by atoms with Crippen molar-refractivity contribution < 1.29 is 9.47 Å². The Morgan fingerprint density at radius 2 is 2.10 bits per heavy atom. The number of benzene rings is 2. The lowest BCUT2D eigenvalue weighted by Gasteiger charge is -2.31. The molecule has 0 fully saturated rings. The molecule has 2 aromatic carbocycles. The Bertz CT molecular complexity index is 677. The van der Waals surface area contributed by atoms with E-state index in [1.807, 2.05) is 36.4 Å². The molecule has 1 unspecified atom stereocenters. The van der Waals surface area contributed by atoms with E-state index in [1.54, 1.807) is 7.11 Å². The maximum atomic E-state index is 6.26. The molecular weight excluding hydrogens is 354 g/mol. The molecule has 0 spiro atoms. The van der Waals surface area contributed by atoms with Crippen molar-refractivity contribution in [3.63, 3.8) is 0 Å². The van der Waals surface area contributed by atoms with Crippen molar-refractivity contribution in [3.05, 3.63) is 57.0 Å². The molecule has 3 rings (SSSR count). The number of ether oxygens (including phenoxy) is 2. The van der Waals surface area contributed by atoms with Crippen LogP contribution in [0.15, 0.2) is 40.9 Å². The number of methoxy groups -OCH3 is 1. The summed E-state index contributed by atoms with van der Waals surface area (Å²) in [5.74, 6) is 1.60. The molecule has 2 aromatic rings. The molecule has 0 saturated heterocycles. The summed E-state index contributed by atoms with van der Waals surface area (Å²) < 4.78 is 12.2. The van der Waals surface area contributed by atoms with Gasteiger partial charge in [0.25, 0.3) is 0 Å². The van der Waals surface area contributed by atoms with E-state index in [9.17, 15) is 0 Å². The van der Waals surface area contributed by atoms with E-state index in [4.69, 9.17) is 26.8 Å². The molecule has 0 bridgehead atoms. The monoisotopic (exact) mass is 367 g/mol. The van der Waals surface area contributed by atoms with Crippen molar-refractivity contribution in [3.8, 4) is 11.5 Å². The van der Waals surface area contributed by atoms with Crippen LogP contribution in [0.4, 0.5) is 0 Å². The molecule has 1 heterocycles. The lowest BCUT2D eigenvalue weighted by Crippen LogP contribution is -2.24. The van der Waals surface area contributed by atoms with Gasteiger partial charge in [0.05, 0.1) is 11.6 Å². The first-order chi connectivity index (χ1) is 10.1. The largest absolute Gasteiger partial charge is 0.496 e. The third-order valence-electron chi connectivity index (χ3n) is 3.66. The van der Waals surface area contributed by atoms with Crippen LogP contribution in [-0.4, -0.2) is 7.11 Å². The summed E-state index contributed by atoms with van der Waals surface area (Å²) in [7, 11) is 1.65. The van der Waals surface area contributed by atoms with Crippen LogP contribution in [0.25, 0.3) is 0 Å². The molecule has 0 amide bonds. The average Bonchev–Trinajstić information content (AvgIpc) is 2.47. The molecule has 3 nitrogen and oxygen atoms in total. The molecule has 21 heavy (non-hydrogen) atoms. The number of halogens is 2. The smallest absolute Gasteiger partial charge is 0.133 e. The summed E-state index contributed by atoms with van der Waals surface area (Å²) in [6.07, 6.45) is 0.641. The Labute approximate surface area is 137 Å². The Hall–Kier alpha value is -1.23. The minimum absolute atomic E-state index is 0.0733. The zero-order valence-electron chi connectivity index (χ0n) is 11.5. The highest BCUT2D eigenvalue weighted by Gasteiger charge is 2.27. The van der Waals surface area contributed by atoms with Gasteiger partial charge in [-0.25, -0.2) is 0 Å². The van der Waals surface area contributed by atoms with E-state index >= 15 is 0 Å². The zero-order valence-corrected chi connectivity index (χ0v) is 13.8. The van der Waals surface area contributed by atoms with Gasteiger partial charge in [-0.2, -0.15) is 0 Å². The van der Waals surface area contributed by atoms with Crippen molar-refractivity contribution in [2.75, 3.05) is 7.11 Å². The van der Waals surface area contributed by atoms with Crippen molar-refractivity contribution in [2.45, 2.75) is 18.6 Å². The summed E-state index contributed by atoms with van der Waals surface area (Å²) in [4.78, 5) is 0. The predicted octanol–water partition coefficient (Wildman–Crippen LogP) is 4.63. The average molecular weight is 369 g/mol. The van der Waals surface area contributed by atoms with Crippen LogP contribution in [0.1, 0.15) is 29.7 Å². The molecule has 1 aliphatic heterocycles. The lowest BCUT2D eigenvalue weighted by atomic mass is 9.93. The first-order valence-electron chi connectivity index (χ1n) is 6.63. The number of hydrogen-bond acceptors (Lipinski definition) is 3. The van der Waals surface area contributed by atoms with E-state index in [0.717, 1.165) is 27.1 Å². The fourth-order valence-corrected chi connectivity index (χ4v) is 3.30. The Kier molecular flexibility index (Phi) is 4.11. The van der Waals surface area contributed by atoms with E-state index in [-0.39, 0.29) is 12.1 Å². The lowest BCUT2D eigenvalue weighted by molar-refractivity contribution is 0.161. The third-order valence-corrected chi connectivity index (χ3v) is 4.51. The molecule has 5 heteroatoms. The predicted molar refractivity (Wildman–Crippen MR) is 87.1 cm³/mol. The SMILES string of the molecule is COc1ccc(C2C[C@@H](N)c3cc(Cl)ccc3O2)cc1Br. The van der Waals surface area contributed by atoms with Gasteiger partial charge >= 0.3 is 0 Å². The number of rotatable bonds is 2. The van der Waals surface area contributed by atoms with E-state index in [2.05, 4.69) is 15.9 Å². The highest BCUT2D eigenvalue weighted by atomic mass is 79.9. The molecular formula is C16H15BrClNO2. The van der Waals surface area contributed by atoms with Gasteiger partial charge < -0.3 is 15.2 Å². The van der Waals surface area contributed by atoms with Crippen LogP contribution in [0.3, 0.4) is 0 Å². The summed E-state index contributed by atoms with van der Waals surface area (Å²) >= 11 is 9.52. The second-order valence-corrected chi connectivity index (χ2v) is 6.32. The normalized spacial score (nSPS) is 20.6. The maximum Gasteiger partial charge on any atom is 0.133 e. The molecule has 2 atom stereocenters. The second-order valence-electron chi connectivity index (χ2n) is 5.02. The summed E-state index contributed by atoms with van der Waals surface area (Å²) in [5.41, 5.74) is 8.29. The summed E-state index contributed by atoms with van der Waals surface area (Å²) in [6, 6.07) is 11.4. The van der Waals surface area contributed by atoms with Gasteiger partial charge in [-0.3, -0.25) is 0 Å². The first-order valence-corrected chi connectivity index (χ1v) is 7.80. The van der Waals surface area contributed by atoms with Crippen LogP contribution >= 0.6 is 27.5 Å². The van der Waals surface area contributed by atoms with Crippen LogP contribution in [0.5, 0.6) is 11.5 Å². The number of nitrogens with two attached hydrogens (primary N) is 1. The van der Waals surface area contributed by atoms with Crippen molar-refractivity contribution in [1.82, 2.24) is 0 Å². The van der Waals surface area contributed by atoms with Gasteiger partial charge in [-0.1, -0.05) is 17.7 Å². The highest BCUT2D eigenvalue weighted by Crippen LogP contribution is 2.41. The Balaban J connectivity index is 1.92. The fourth-order valence-electron chi connectivity index (χ4n) is 2.56. The minimum Gasteiger partial charge on any atom is -0.496 e. The van der Waals surface area contributed by atoms with E-state index in [0.29, 0.717) is 11.4 Å². The van der Waals surface area contributed by atoms with Gasteiger partial charge in [-0.15, -0.1) is 0 Å². The number of hydrogen-bond donors (Lipinski definition) is 1. The van der Waals surface area contributed by atoms with Gasteiger partial charge in [0, 0.05) is 23.0 Å². The van der Waals surface area contributed by atoms with Crippen molar-refractivity contribution >= 4 is 27.5 Å². The molecule has 0 aromatic heterocycles. The van der Waals surface area contributed by atoms with E-state index in [1.165, 1.54) is 0 Å². The van der Waals surface area contributed by atoms with Crippen LogP contribution < -0.4 is 15.2 Å². The minimum atomic E-state index is -0.0849. The molecule has 0 aliphatic carbocycles. The Morgan fingerprint density at radius 3 is 2.81 bits per heavy atom. The Morgan fingerprint density at radius 1 is 1.29 bits per heavy atom. The second kappa shape index (κ2) is 5.87. The van der Waals surface area contributed by atoms with Crippen molar-refractivity contribution in [1.29, 1.82) is 0 Å². The van der Waals surface area contributed by atoms with Crippen LogP contribution in [-0.2, 0) is 0 Å². The number of fused-ring (bicyclic) bond motifs is 1. The molecule has 1 aliphatic rings. The van der Waals surface area contributed by atoms with Crippen molar-refractivity contribution in [2.24, 2.45) is 5.73 Å². The van der Waals surface area contributed by atoms with Gasteiger partial charge in [0.1, 0.15) is 17.6 Å². The van der Waals surface area contributed by atoms with Crippen LogP contribution in [0.2, 0.25) is 5.02 Å². The quantitative estimate of drug-likeness (QED) is 0.840. The topological polar surface area (TPSA) is 44.5 Å². The molecule has 2 N–H and O–H groups in total. The first kappa shape index (κ1) is 14.7. The van der Waals surface area contributed by atoms with Gasteiger partial charge in [0.2, 0.25) is 0 Å². The van der Waals surface area contributed by atoms with E-state index < -0.39 is 0 Å². The summed E-state index contributed by atoms with van der Waals surface area (Å²) in [6.45, 7) is 0. The fraction of sp³-hybridized carbons (Fsp3) is 0.250. The summed E-state index contributed by atoms with van der Waals surface area (Å²) in [5, 5.41) is 0.679. The van der Waals surface area contributed by atoms with Gasteiger partial charge in [0.15, 0.2) is 0 Å². The molecule has 0 radical (unpaired) electrons. The van der Waals surface area contributed by atoms with Crippen LogP contribution in [0, 0.1) is 0 Å². The molecule has 0 saturated carbocycles.